The van der Waals surface area contributed by atoms with Gasteiger partial charge < -0.3 is 9.47 Å². The number of rotatable bonds is 8. The summed E-state index contributed by atoms with van der Waals surface area (Å²) in [6, 6.07) is 11.4. The smallest absolute Gasteiger partial charge is 0.269 e. The normalized spacial score (nSPS) is 29.4. The lowest BCUT2D eigenvalue weighted by Crippen LogP contribution is -2.40. The molecule has 0 N–H and O–H groups in total. The zero-order chi connectivity index (χ0) is 25.0. The molecule has 2 bridgehead atoms. The quantitative estimate of drug-likeness (QED) is 0.183. The SMILES string of the molecule is CCOc1cc(/C=N\N2C(=O)[C@@H]3[C@H]4C=C[C@@H]([C@@H]5C[C@H]45)[C@@H]3C2=O)ccc1OCc1ccc([N+](=O)[O-])cc1. The molecule has 1 saturated heterocycles. The number of benzene rings is 2. The van der Waals surface area contributed by atoms with Gasteiger partial charge in [0, 0.05) is 12.1 Å². The van der Waals surface area contributed by atoms with Crippen LogP contribution in [0.4, 0.5) is 5.69 Å². The number of amides is 2. The third kappa shape index (κ3) is 3.66. The van der Waals surface area contributed by atoms with Crippen LogP contribution in [-0.2, 0) is 16.2 Å². The van der Waals surface area contributed by atoms with Crippen molar-refractivity contribution in [3.05, 3.63) is 75.9 Å². The fourth-order valence-corrected chi connectivity index (χ4v) is 6.05. The Morgan fingerprint density at radius 3 is 2.28 bits per heavy atom. The summed E-state index contributed by atoms with van der Waals surface area (Å²) in [7, 11) is 0. The highest BCUT2D eigenvalue weighted by atomic mass is 16.6. The fourth-order valence-electron chi connectivity index (χ4n) is 6.05. The van der Waals surface area contributed by atoms with Crippen LogP contribution < -0.4 is 9.47 Å². The number of carbonyl (C=O) groups is 2. The number of hydrazone groups is 1. The Bertz CT molecular complexity index is 1270. The van der Waals surface area contributed by atoms with Crippen LogP contribution in [0.25, 0.3) is 0 Å². The monoisotopic (exact) mass is 487 g/mol. The van der Waals surface area contributed by atoms with Crippen LogP contribution in [0, 0.1) is 45.6 Å². The third-order valence-electron chi connectivity index (χ3n) is 7.77. The van der Waals surface area contributed by atoms with E-state index in [4.69, 9.17) is 9.47 Å². The molecule has 2 aromatic rings. The number of nitro groups is 1. The molecule has 7 rings (SSSR count). The Morgan fingerprint density at radius 2 is 1.67 bits per heavy atom. The first-order valence-corrected chi connectivity index (χ1v) is 12.2. The van der Waals surface area contributed by atoms with Crippen molar-refractivity contribution in [2.24, 2.45) is 40.6 Å². The molecule has 3 fully saturated rings. The summed E-state index contributed by atoms with van der Waals surface area (Å²) < 4.78 is 11.6. The number of carbonyl (C=O) groups excluding carboxylic acids is 2. The van der Waals surface area contributed by atoms with E-state index in [1.54, 1.807) is 30.3 Å². The summed E-state index contributed by atoms with van der Waals surface area (Å²) in [5.74, 6) is 1.50. The summed E-state index contributed by atoms with van der Waals surface area (Å²) >= 11 is 0. The van der Waals surface area contributed by atoms with Crippen molar-refractivity contribution in [2.75, 3.05) is 6.61 Å². The summed E-state index contributed by atoms with van der Waals surface area (Å²) in [6.07, 6.45) is 6.91. The lowest BCUT2D eigenvalue weighted by atomic mass is 9.63. The van der Waals surface area contributed by atoms with Gasteiger partial charge in [0.05, 0.1) is 29.6 Å². The second-order valence-electron chi connectivity index (χ2n) is 9.74. The number of imide groups is 1. The van der Waals surface area contributed by atoms with Crippen LogP contribution in [0.15, 0.2) is 59.7 Å². The van der Waals surface area contributed by atoms with Crippen LogP contribution in [0.5, 0.6) is 11.5 Å². The summed E-state index contributed by atoms with van der Waals surface area (Å²) in [5, 5.41) is 16.2. The van der Waals surface area contributed by atoms with E-state index in [2.05, 4.69) is 17.3 Å². The lowest BCUT2D eigenvalue weighted by Gasteiger charge is -2.37. The molecule has 0 radical (unpaired) electrons. The van der Waals surface area contributed by atoms with E-state index < -0.39 is 4.92 Å². The minimum Gasteiger partial charge on any atom is -0.490 e. The zero-order valence-corrected chi connectivity index (χ0v) is 19.7. The van der Waals surface area contributed by atoms with Crippen molar-refractivity contribution in [1.82, 2.24) is 5.01 Å². The van der Waals surface area contributed by atoms with E-state index in [0.29, 0.717) is 35.5 Å². The highest BCUT2D eigenvalue weighted by Crippen LogP contribution is 2.65. The molecule has 0 spiro atoms. The van der Waals surface area contributed by atoms with Crippen LogP contribution in [0.3, 0.4) is 0 Å². The topological polar surface area (TPSA) is 111 Å². The Balaban J connectivity index is 1.16. The summed E-state index contributed by atoms with van der Waals surface area (Å²) in [6.45, 7) is 2.49. The molecular formula is C27H25N3O6. The van der Waals surface area contributed by atoms with Crippen LogP contribution in [0.1, 0.15) is 24.5 Å². The molecule has 184 valence electrons. The van der Waals surface area contributed by atoms with E-state index in [1.165, 1.54) is 18.3 Å². The standard InChI is InChI=1S/C27H25N3O6/c1-2-35-23-11-16(5-10-22(23)36-14-15-3-6-17(7-4-15)30(33)34)13-28-29-26(31)24-18-8-9-19(21-12-20(18)21)25(24)27(29)32/h3-11,13,18-21,24-25H,2,12,14H2,1H3/b28-13-/t18-,19-,20-,21+,24-,25+/m0/s1. The first-order chi connectivity index (χ1) is 17.5. The molecule has 2 aromatic carbocycles. The second kappa shape index (κ2) is 8.58. The Labute approximate surface area is 207 Å². The van der Waals surface area contributed by atoms with Crippen LogP contribution in [0.2, 0.25) is 0 Å². The van der Waals surface area contributed by atoms with Crippen molar-refractivity contribution < 1.29 is 24.0 Å². The van der Waals surface area contributed by atoms with E-state index in [9.17, 15) is 19.7 Å². The van der Waals surface area contributed by atoms with Crippen molar-refractivity contribution in [3.63, 3.8) is 0 Å². The molecule has 2 amide bonds. The van der Waals surface area contributed by atoms with E-state index in [0.717, 1.165) is 17.0 Å². The van der Waals surface area contributed by atoms with E-state index in [1.807, 2.05) is 6.92 Å². The van der Waals surface area contributed by atoms with Crippen molar-refractivity contribution in [3.8, 4) is 11.5 Å². The predicted octanol–water partition coefficient (Wildman–Crippen LogP) is 3.96. The molecule has 5 aliphatic rings. The molecule has 2 saturated carbocycles. The fraction of sp³-hybridized carbons (Fsp3) is 0.370. The number of non-ortho nitro benzene ring substituents is 1. The third-order valence-corrected chi connectivity index (χ3v) is 7.77. The summed E-state index contributed by atoms with van der Waals surface area (Å²) in [5.41, 5.74) is 1.47. The maximum atomic E-state index is 13.1. The molecule has 1 aliphatic heterocycles. The second-order valence-corrected chi connectivity index (χ2v) is 9.74. The van der Waals surface area contributed by atoms with Gasteiger partial charge in [0.2, 0.25) is 0 Å². The van der Waals surface area contributed by atoms with Gasteiger partial charge in [0.1, 0.15) is 6.61 Å². The highest BCUT2D eigenvalue weighted by molar-refractivity contribution is 6.06. The number of ether oxygens (including phenoxy) is 2. The molecule has 36 heavy (non-hydrogen) atoms. The number of nitro benzene ring substituents is 1. The first kappa shape index (κ1) is 22.5. The van der Waals surface area contributed by atoms with Gasteiger partial charge in [-0.3, -0.25) is 19.7 Å². The number of nitrogens with zero attached hydrogens (tertiary/aromatic N) is 3. The minimum atomic E-state index is -0.446. The summed E-state index contributed by atoms with van der Waals surface area (Å²) in [4.78, 5) is 36.6. The van der Waals surface area contributed by atoms with Gasteiger partial charge in [0.25, 0.3) is 17.5 Å². The number of allylic oxidation sites excluding steroid dienone is 2. The predicted molar refractivity (Wildman–Crippen MR) is 129 cm³/mol. The zero-order valence-electron chi connectivity index (χ0n) is 19.7. The Kier molecular flexibility index (Phi) is 5.35. The first-order valence-electron chi connectivity index (χ1n) is 12.2. The van der Waals surface area contributed by atoms with Gasteiger partial charge in [-0.1, -0.05) is 12.2 Å². The molecule has 4 aliphatic carbocycles. The van der Waals surface area contributed by atoms with Gasteiger partial charge in [-0.15, -0.1) is 0 Å². The molecule has 6 atom stereocenters. The highest BCUT2D eigenvalue weighted by Gasteiger charge is 2.67. The van der Waals surface area contributed by atoms with Crippen LogP contribution >= 0.6 is 0 Å². The molecule has 1 heterocycles. The maximum absolute atomic E-state index is 13.1. The Morgan fingerprint density at radius 1 is 1.00 bits per heavy atom. The van der Waals surface area contributed by atoms with Gasteiger partial charge in [0.15, 0.2) is 11.5 Å². The molecule has 0 aromatic heterocycles. The van der Waals surface area contributed by atoms with Crippen molar-refractivity contribution in [1.29, 1.82) is 0 Å². The molecule has 0 unspecified atom stereocenters. The average molecular weight is 488 g/mol. The minimum absolute atomic E-state index is 0.0207. The number of hydrogen-bond acceptors (Lipinski definition) is 7. The lowest BCUT2D eigenvalue weighted by molar-refractivity contribution is -0.384. The molecule has 9 nitrogen and oxygen atoms in total. The van der Waals surface area contributed by atoms with E-state index >= 15 is 0 Å². The number of hydrogen-bond donors (Lipinski definition) is 0. The maximum Gasteiger partial charge on any atom is 0.269 e. The van der Waals surface area contributed by atoms with Gasteiger partial charge in [-0.2, -0.15) is 10.1 Å². The van der Waals surface area contributed by atoms with E-state index in [-0.39, 0.29) is 47.8 Å². The van der Waals surface area contributed by atoms with Crippen LogP contribution in [-0.4, -0.2) is 34.6 Å². The van der Waals surface area contributed by atoms with Gasteiger partial charge in [-0.05, 0) is 78.5 Å². The van der Waals surface area contributed by atoms with Crippen molar-refractivity contribution in [2.45, 2.75) is 20.0 Å². The average Bonchev–Trinajstić information content (AvgIpc) is 3.67. The van der Waals surface area contributed by atoms with Crippen molar-refractivity contribution >= 4 is 23.7 Å². The van der Waals surface area contributed by atoms with Gasteiger partial charge >= 0.3 is 0 Å². The van der Waals surface area contributed by atoms with Gasteiger partial charge in [-0.25, -0.2) is 0 Å². The Hall–Kier alpha value is -4.01. The molecular weight excluding hydrogens is 462 g/mol. The molecule has 9 heteroatoms. The largest absolute Gasteiger partial charge is 0.490 e.